The molecule has 40 heavy (non-hydrogen) atoms. The number of fused-ring (bicyclic) bond motifs is 1. The van der Waals surface area contributed by atoms with Crippen molar-refractivity contribution in [3.63, 3.8) is 0 Å². The normalized spacial score (nSPS) is 16.3. The molecule has 2 aromatic heterocycles. The molecule has 202 valence electrons. The highest BCUT2D eigenvalue weighted by Crippen LogP contribution is 2.44. The first-order valence-corrected chi connectivity index (χ1v) is 13.6. The number of urea groups is 1. The van der Waals surface area contributed by atoms with Gasteiger partial charge in [-0.1, -0.05) is 78.9 Å². The van der Waals surface area contributed by atoms with Crippen LogP contribution in [-0.2, 0) is 13.2 Å². The number of carbonyl (C=O) groups is 1. The number of para-hydroxylation sites is 1. The zero-order valence-electron chi connectivity index (χ0n) is 22.2. The molecule has 1 fully saturated rings. The maximum Gasteiger partial charge on any atom is 0.315 e. The minimum atomic E-state index is -0.145. The molecule has 5 aromatic rings. The van der Waals surface area contributed by atoms with E-state index in [0.29, 0.717) is 31.4 Å². The third kappa shape index (κ3) is 5.47. The van der Waals surface area contributed by atoms with Gasteiger partial charge in [0.15, 0.2) is 0 Å². The number of rotatable bonds is 9. The number of hydrogen-bond donors (Lipinski definition) is 3. The molecule has 0 bridgehead atoms. The van der Waals surface area contributed by atoms with E-state index in [4.69, 9.17) is 10.5 Å². The second kappa shape index (κ2) is 11.5. The predicted molar refractivity (Wildman–Crippen MR) is 157 cm³/mol. The quantitative estimate of drug-likeness (QED) is 0.225. The van der Waals surface area contributed by atoms with Crippen LogP contribution in [-0.4, -0.2) is 27.1 Å². The molecule has 4 N–H and O–H groups in total. The van der Waals surface area contributed by atoms with Crippen LogP contribution in [0.25, 0.3) is 22.2 Å². The minimum Gasteiger partial charge on any atom is -0.488 e. The molecule has 0 aliphatic heterocycles. The standard InChI is InChI=1S/C32H32N6O2/c33-30-29-27(26-13-7-8-14-28(26)40-20-23-11-5-2-6-12-23)19-38(31(29)37-21-36-30)25-15-24(16-25)18-35-32(39)34-17-22-9-3-1-4-10-22/h1-14,19,21,24-25H,15-18,20H2,(H2,33,36,37)(H2,34,35,39). The lowest BCUT2D eigenvalue weighted by molar-refractivity contribution is 0.192. The first-order valence-electron chi connectivity index (χ1n) is 13.6. The van der Waals surface area contributed by atoms with E-state index in [1.807, 2.05) is 72.8 Å². The first kappa shape index (κ1) is 25.4. The number of amides is 2. The maximum atomic E-state index is 12.3. The fourth-order valence-electron chi connectivity index (χ4n) is 5.31. The molecule has 0 unspecified atom stereocenters. The summed E-state index contributed by atoms with van der Waals surface area (Å²) in [5.74, 6) is 1.63. The van der Waals surface area contributed by atoms with Gasteiger partial charge in [-0.15, -0.1) is 0 Å². The summed E-state index contributed by atoms with van der Waals surface area (Å²) < 4.78 is 8.47. The molecule has 8 nitrogen and oxygen atoms in total. The highest BCUT2D eigenvalue weighted by atomic mass is 16.5. The molecule has 0 atom stereocenters. The largest absolute Gasteiger partial charge is 0.488 e. The van der Waals surface area contributed by atoms with Crippen molar-refractivity contribution in [3.8, 4) is 16.9 Å². The van der Waals surface area contributed by atoms with E-state index in [1.165, 1.54) is 6.33 Å². The van der Waals surface area contributed by atoms with Gasteiger partial charge in [0.2, 0.25) is 0 Å². The number of benzene rings is 3. The molecule has 1 saturated carbocycles. The van der Waals surface area contributed by atoms with Crippen LogP contribution in [0.5, 0.6) is 5.75 Å². The summed E-state index contributed by atoms with van der Waals surface area (Å²) >= 11 is 0. The molecule has 3 aromatic carbocycles. The maximum absolute atomic E-state index is 12.3. The SMILES string of the molecule is Nc1ncnc2c1c(-c1ccccc1OCc1ccccc1)cn2C1CC(CNC(=O)NCc2ccccc2)C1. The van der Waals surface area contributed by atoms with Crippen molar-refractivity contribution in [3.05, 3.63) is 109 Å². The van der Waals surface area contributed by atoms with E-state index in [-0.39, 0.29) is 12.1 Å². The Labute approximate surface area is 233 Å². The van der Waals surface area contributed by atoms with Crippen LogP contribution in [0.4, 0.5) is 10.6 Å². The fourth-order valence-corrected chi connectivity index (χ4v) is 5.31. The number of hydrogen-bond acceptors (Lipinski definition) is 5. The highest BCUT2D eigenvalue weighted by molar-refractivity contribution is 6.01. The van der Waals surface area contributed by atoms with E-state index in [1.54, 1.807) is 0 Å². The average Bonchev–Trinajstić information content (AvgIpc) is 3.36. The monoisotopic (exact) mass is 532 g/mol. The molecule has 0 radical (unpaired) electrons. The summed E-state index contributed by atoms with van der Waals surface area (Å²) in [6.07, 6.45) is 5.53. The van der Waals surface area contributed by atoms with Crippen LogP contribution in [0.1, 0.15) is 30.0 Å². The predicted octanol–water partition coefficient (Wildman–Crippen LogP) is 5.71. The summed E-state index contributed by atoms with van der Waals surface area (Å²) in [5, 5.41) is 6.78. The number of nitrogens with two attached hydrogens (primary N) is 1. The van der Waals surface area contributed by atoms with Crippen molar-refractivity contribution in [2.75, 3.05) is 12.3 Å². The third-order valence-corrected chi connectivity index (χ3v) is 7.50. The second-order valence-corrected chi connectivity index (χ2v) is 10.2. The highest BCUT2D eigenvalue weighted by Gasteiger charge is 2.33. The Morgan fingerprint density at radius 3 is 2.35 bits per heavy atom. The molecular formula is C32H32N6O2. The van der Waals surface area contributed by atoms with Gasteiger partial charge in [-0.2, -0.15) is 0 Å². The zero-order valence-corrected chi connectivity index (χ0v) is 22.2. The van der Waals surface area contributed by atoms with Gasteiger partial charge in [0.1, 0.15) is 30.1 Å². The molecule has 8 heteroatoms. The lowest BCUT2D eigenvalue weighted by Crippen LogP contribution is -2.41. The minimum absolute atomic E-state index is 0.145. The smallest absolute Gasteiger partial charge is 0.315 e. The van der Waals surface area contributed by atoms with Gasteiger partial charge >= 0.3 is 6.03 Å². The molecular weight excluding hydrogens is 500 g/mol. The van der Waals surface area contributed by atoms with Gasteiger partial charge in [0.05, 0.1) is 5.39 Å². The van der Waals surface area contributed by atoms with E-state index >= 15 is 0 Å². The third-order valence-electron chi connectivity index (χ3n) is 7.50. The van der Waals surface area contributed by atoms with Crippen molar-refractivity contribution in [1.82, 2.24) is 25.2 Å². The number of ether oxygens (including phenoxy) is 1. The Balaban J connectivity index is 1.15. The summed E-state index contributed by atoms with van der Waals surface area (Å²) in [7, 11) is 0. The van der Waals surface area contributed by atoms with E-state index in [2.05, 4.69) is 43.5 Å². The summed E-state index contributed by atoms with van der Waals surface area (Å²) in [6.45, 7) is 1.62. The van der Waals surface area contributed by atoms with E-state index in [9.17, 15) is 4.79 Å². The van der Waals surface area contributed by atoms with Crippen LogP contribution in [0, 0.1) is 5.92 Å². The van der Waals surface area contributed by atoms with Crippen LogP contribution >= 0.6 is 0 Å². The van der Waals surface area contributed by atoms with Crippen LogP contribution in [0.3, 0.4) is 0 Å². The number of aromatic nitrogens is 3. The molecule has 1 aliphatic carbocycles. The number of anilines is 1. The molecule has 6 rings (SSSR count). The van der Waals surface area contributed by atoms with Crippen molar-refractivity contribution in [2.45, 2.75) is 32.0 Å². The lowest BCUT2D eigenvalue weighted by Gasteiger charge is -2.36. The Morgan fingerprint density at radius 2 is 1.57 bits per heavy atom. The van der Waals surface area contributed by atoms with Crippen molar-refractivity contribution in [1.29, 1.82) is 0 Å². The van der Waals surface area contributed by atoms with Gasteiger partial charge in [-0.3, -0.25) is 0 Å². The van der Waals surface area contributed by atoms with Crippen LogP contribution in [0.15, 0.2) is 97.5 Å². The first-order chi connectivity index (χ1) is 19.7. The van der Waals surface area contributed by atoms with E-state index < -0.39 is 0 Å². The van der Waals surface area contributed by atoms with Crippen LogP contribution < -0.4 is 21.1 Å². The molecule has 1 aliphatic rings. The van der Waals surface area contributed by atoms with Gasteiger partial charge in [-0.05, 0) is 36.0 Å². The van der Waals surface area contributed by atoms with Crippen LogP contribution in [0.2, 0.25) is 0 Å². The Bertz CT molecular complexity index is 1600. The van der Waals surface area contributed by atoms with Crippen molar-refractivity contribution in [2.24, 2.45) is 5.92 Å². The molecule has 2 heterocycles. The van der Waals surface area contributed by atoms with Gasteiger partial charge in [0.25, 0.3) is 0 Å². The summed E-state index contributed by atoms with van der Waals surface area (Å²) in [4.78, 5) is 21.2. The number of nitrogens with zero attached hydrogens (tertiary/aromatic N) is 3. The lowest BCUT2D eigenvalue weighted by atomic mass is 9.80. The Morgan fingerprint density at radius 1 is 0.875 bits per heavy atom. The molecule has 0 spiro atoms. The van der Waals surface area contributed by atoms with Crippen molar-refractivity contribution >= 4 is 22.9 Å². The average molecular weight is 533 g/mol. The topological polar surface area (TPSA) is 107 Å². The summed E-state index contributed by atoms with van der Waals surface area (Å²) in [5.41, 5.74) is 11.3. The van der Waals surface area contributed by atoms with Gasteiger partial charge in [-0.25, -0.2) is 14.8 Å². The Kier molecular flexibility index (Phi) is 7.30. The Hall–Kier alpha value is -4.85. The van der Waals surface area contributed by atoms with E-state index in [0.717, 1.165) is 51.9 Å². The second-order valence-electron chi connectivity index (χ2n) is 10.2. The summed E-state index contributed by atoms with van der Waals surface area (Å²) in [6, 6.07) is 28.1. The number of nitrogens with one attached hydrogen (secondary N) is 2. The fraction of sp³-hybridized carbons (Fsp3) is 0.219. The molecule has 0 saturated heterocycles. The van der Waals surface area contributed by atoms with Gasteiger partial charge < -0.3 is 25.7 Å². The number of carbonyl (C=O) groups excluding carboxylic acids is 1. The van der Waals surface area contributed by atoms with Crippen molar-refractivity contribution < 1.29 is 9.53 Å². The zero-order chi connectivity index (χ0) is 27.3. The molecule has 2 amide bonds. The van der Waals surface area contributed by atoms with Gasteiger partial charge in [0, 0.05) is 36.5 Å². The number of nitrogen functional groups attached to an aromatic ring is 1.